The Morgan fingerprint density at radius 2 is 1.95 bits per heavy atom. The van der Waals surface area contributed by atoms with E-state index in [1.807, 2.05) is 6.92 Å². The summed E-state index contributed by atoms with van der Waals surface area (Å²) in [5, 5.41) is 16.1. The van der Waals surface area contributed by atoms with Crippen LogP contribution >= 0.6 is 11.8 Å². The van der Waals surface area contributed by atoms with E-state index in [1.54, 1.807) is 28.8 Å². The quantitative estimate of drug-likeness (QED) is 0.349. The van der Waals surface area contributed by atoms with Crippen molar-refractivity contribution in [2.75, 3.05) is 17.7 Å². The fourth-order valence-corrected chi connectivity index (χ4v) is 4.53. The maximum absolute atomic E-state index is 13.0. The highest BCUT2D eigenvalue weighted by Crippen LogP contribution is 2.31. The number of carbonyl (C=O) groups excluding carboxylic acids is 3. The zero-order valence-corrected chi connectivity index (χ0v) is 20.9. The van der Waals surface area contributed by atoms with E-state index in [2.05, 4.69) is 26.1 Å². The van der Waals surface area contributed by atoms with Crippen molar-refractivity contribution in [3.63, 3.8) is 0 Å². The van der Waals surface area contributed by atoms with Gasteiger partial charge < -0.3 is 15.4 Å². The number of hydrogen-bond donors (Lipinski definition) is 3. The van der Waals surface area contributed by atoms with E-state index in [0.29, 0.717) is 29.0 Å². The largest absolute Gasteiger partial charge is 0.494 e. The summed E-state index contributed by atoms with van der Waals surface area (Å²) in [5.41, 5.74) is -0.197. The van der Waals surface area contributed by atoms with Gasteiger partial charge in [0.05, 0.1) is 17.9 Å². The molecule has 14 heteroatoms. The Balaban J connectivity index is 1.52. The van der Waals surface area contributed by atoms with Crippen molar-refractivity contribution in [3.8, 4) is 11.4 Å². The van der Waals surface area contributed by atoms with E-state index < -0.39 is 35.6 Å². The third-order valence-electron chi connectivity index (χ3n) is 5.36. The van der Waals surface area contributed by atoms with Crippen molar-refractivity contribution in [2.45, 2.75) is 37.1 Å². The summed E-state index contributed by atoms with van der Waals surface area (Å²) in [4.78, 5) is 36.1. The van der Waals surface area contributed by atoms with Crippen LogP contribution < -0.4 is 20.7 Å². The Bertz CT molecular complexity index is 1310. The molecule has 4 rings (SSSR count). The summed E-state index contributed by atoms with van der Waals surface area (Å²) in [6.45, 7) is 2.35. The summed E-state index contributed by atoms with van der Waals surface area (Å²) in [5.74, 6) is -0.0136. The van der Waals surface area contributed by atoms with Crippen molar-refractivity contribution < 1.29 is 32.3 Å². The number of benzene rings is 2. The van der Waals surface area contributed by atoms with Gasteiger partial charge in [-0.05, 0) is 49.4 Å². The van der Waals surface area contributed by atoms with Crippen LogP contribution in [0.15, 0.2) is 53.7 Å². The molecule has 3 N–H and O–H groups in total. The Hall–Kier alpha value is -4.07. The standard InChI is InChI=1S/C24H23F3N6O4S/c1-2-37-18-8-6-17(7-9-18)33-19(11-16-12-20(34)30-22(36)29-16)31-32-23(33)38-13-21(35)28-15-5-3-4-14(10-15)24(25,26)27/h3-10,16H,2,11-13H2,1H3,(H,28,35)(H2,29,30,34,36). The fourth-order valence-electron chi connectivity index (χ4n) is 3.76. The zero-order valence-electron chi connectivity index (χ0n) is 20.0. The van der Waals surface area contributed by atoms with Gasteiger partial charge in [-0.15, -0.1) is 10.2 Å². The van der Waals surface area contributed by atoms with Crippen molar-refractivity contribution in [3.05, 3.63) is 59.9 Å². The Labute approximate surface area is 219 Å². The molecule has 200 valence electrons. The molecule has 4 amide bonds. The number of halogens is 3. The summed E-state index contributed by atoms with van der Waals surface area (Å²) in [7, 11) is 0. The molecule has 1 unspecified atom stereocenters. The van der Waals surface area contributed by atoms with Crippen molar-refractivity contribution in [1.29, 1.82) is 0 Å². The number of carbonyl (C=O) groups is 3. The van der Waals surface area contributed by atoms with E-state index in [0.717, 1.165) is 23.9 Å². The van der Waals surface area contributed by atoms with Crippen molar-refractivity contribution >= 4 is 35.3 Å². The van der Waals surface area contributed by atoms with Crippen LogP contribution in [-0.4, -0.2) is 51.0 Å². The van der Waals surface area contributed by atoms with E-state index in [1.165, 1.54) is 12.1 Å². The van der Waals surface area contributed by atoms with Crippen LogP contribution in [0.1, 0.15) is 24.7 Å². The highest BCUT2D eigenvalue weighted by molar-refractivity contribution is 7.99. The molecular weight excluding hydrogens is 525 g/mol. The van der Waals surface area contributed by atoms with Gasteiger partial charge in [0.1, 0.15) is 11.6 Å². The van der Waals surface area contributed by atoms with Crippen LogP contribution in [0.3, 0.4) is 0 Å². The second-order valence-electron chi connectivity index (χ2n) is 8.20. The Morgan fingerprint density at radius 1 is 1.18 bits per heavy atom. The summed E-state index contributed by atoms with van der Waals surface area (Å²) in [6.07, 6.45) is -4.28. The van der Waals surface area contributed by atoms with Crippen molar-refractivity contribution in [2.24, 2.45) is 0 Å². The van der Waals surface area contributed by atoms with Gasteiger partial charge in [0.2, 0.25) is 11.8 Å². The second-order valence-corrected chi connectivity index (χ2v) is 9.15. The van der Waals surface area contributed by atoms with Crippen LogP contribution in [0, 0.1) is 0 Å². The van der Waals surface area contributed by atoms with E-state index >= 15 is 0 Å². The summed E-state index contributed by atoms with van der Waals surface area (Å²) < 4.78 is 46.1. The molecule has 1 aliphatic heterocycles. The van der Waals surface area contributed by atoms with Crippen LogP contribution in [0.25, 0.3) is 5.69 Å². The van der Waals surface area contributed by atoms with Gasteiger partial charge in [-0.2, -0.15) is 13.2 Å². The van der Waals surface area contributed by atoms with Gasteiger partial charge in [-0.1, -0.05) is 17.8 Å². The van der Waals surface area contributed by atoms with Crippen LogP contribution in [0.5, 0.6) is 5.75 Å². The molecule has 0 radical (unpaired) electrons. The van der Waals surface area contributed by atoms with Gasteiger partial charge >= 0.3 is 12.2 Å². The number of hydrogen-bond acceptors (Lipinski definition) is 7. The minimum atomic E-state index is -4.53. The molecule has 0 aliphatic carbocycles. The normalized spacial score (nSPS) is 15.5. The number of imide groups is 1. The van der Waals surface area contributed by atoms with E-state index in [4.69, 9.17) is 4.74 Å². The van der Waals surface area contributed by atoms with Crippen LogP contribution in [0.2, 0.25) is 0 Å². The SMILES string of the molecule is CCOc1ccc(-n2c(CC3CC(=O)NC(=O)N3)nnc2SCC(=O)Nc2cccc(C(F)(F)F)c2)cc1. The maximum Gasteiger partial charge on any atom is 0.416 e. The number of alkyl halides is 3. The predicted molar refractivity (Wildman–Crippen MR) is 132 cm³/mol. The first-order valence-corrected chi connectivity index (χ1v) is 12.5. The number of nitrogens with one attached hydrogen (secondary N) is 3. The lowest BCUT2D eigenvalue weighted by Gasteiger charge is -2.23. The van der Waals surface area contributed by atoms with Crippen LogP contribution in [0.4, 0.5) is 23.7 Å². The average Bonchev–Trinajstić information content (AvgIpc) is 3.24. The minimum absolute atomic E-state index is 0.0189. The Kier molecular flexibility index (Phi) is 8.20. The number of anilines is 1. The molecule has 2 aromatic carbocycles. The molecular formula is C24H23F3N6O4S. The average molecular weight is 549 g/mol. The van der Waals surface area contributed by atoms with Gasteiger partial charge in [0.25, 0.3) is 0 Å². The highest BCUT2D eigenvalue weighted by atomic mass is 32.2. The molecule has 0 bridgehead atoms. The van der Waals surface area contributed by atoms with Gasteiger partial charge in [0, 0.05) is 30.3 Å². The number of rotatable bonds is 9. The second kappa shape index (κ2) is 11.5. The lowest BCUT2D eigenvalue weighted by atomic mass is 10.1. The smallest absolute Gasteiger partial charge is 0.416 e. The number of urea groups is 1. The number of ether oxygens (including phenoxy) is 1. The molecule has 0 saturated carbocycles. The first kappa shape index (κ1) is 27.0. The molecule has 3 aromatic rings. The lowest BCUT2D eigenvalue weighted by molar-refractivity contribution is -0.137. The number of aromatic nitrogens is 3. The first-order valence-electron chi connectivity index (χ1n) is 11.5. The summed E-state index contributed by atoms with van der Waals surface area (Å²) >= 11 is 1.03. The zero-order chi connectivity index (χ0) is 27.3. The molecule has 2 heterocycles. The molecule has 1 saturated heterocycles. The predicted octanol–water partition coefficient (Wildman–Crippen LogP) is 3.56. The summed E-state index contributed by atoms with van der Waals surface area (Å²) in [6, 6.07) is 10.3. The molecule has 0 spiro atoms. The number of thioether (sulfide) groups is 1. The van der Waals surface area contributed by atoms with Gasteiger partial charge in [-0.25, -0.2) is 4.79 Å². The first-order chi connectivity index (χ1) is 18.1. The van der Waals surface area contributed by atoms with Crippen molar-refractivity contribution in [1.82, 2.24) is 25.4 Å². The Morgan fingerprint density at radius 3 is 2.63 bits per heavy atom. The maximum atomic E-state index is 13.0. The fraction of sp³-hybridized carbons (Fsp3) is 0.292. The third kappa shape index (κ3) is 6.82. The molecule has 38 heavy (non-hydrogen) atoms. The van der Waals surface area contributed by atoms with Crippen LogP contribution in [-0.2, 0) is 22.2 Å². The number of amides is 4. The molecule has 1 aliphatic rings. The van der Waals surface area contributed by atoms with E-state index in [9.17, 15) is 27.6 Å². The molecule has 10 nitrogen and oxygen atoms in total. The molecule has 1 aromatic heterocycles. The molecule has 1 fully saturated rings. The van der Waals surface area contributed by atoms with Gasteiger partial charge in [0.15, 0.2) is 5.16 Å². The molecule has 1 atom stereocenters. The van der Waals surface area contributed by atoms with E-state index in [-0.39, 0.29) is 24.3 Å². The third-order valence-corrected chi connectivity index (χ3v) is 6.29. The minimum Gasteiger partial charge on any atom is -0.494 e. The topological polar surface area (TPSA) is 127 Å². The van der Waals surface area contributed by atoms with Gasteiger partial charge in [-0.3, -0.25) is 19.5 Å². The monoisotopic (exact) mass is 548 g/mol. The lowest BCUT2D eigenvalue weighted by Crippen LogP contribution is -2.53. The highest BCUT2D eigenvalue weighted by Gasteiger charge is 2.30. The number of nitrogens with zero attached hydrogens (tertiary/aromatic N) is 3.